The maximum absolute atomic E-state index is 12.5. The molecule has 1 fully saturated rings. The van der Waals surface area contributed by atoms with Crippen LogP contribution in [0.3, 0.4) is 0 Å². The first-order chi connectivity index (χ1) is 12.5. The Morgan fingerprint density at radius 1 is 1.04 bits per heavy atom. The molecule has 2 aromatic carbocycles. The van der Waals surface area contributed by atoms with Crippen LogP contribution in [0.25, 0.3) is 0 Å². The number of piperazine rings is 1. The first-order valence-electron chi connectivity index (χ1n) is 8.63. The first kappa shape index (κ1) is 18.5. The predicted octanol–water partition coefficient (Wildman–Crippen LogP) is 2.39. The Balaban J connectivity index is 1.79. The van der Waals surface area contributed by atoms with Crippen molar-refractivity contribution >= 4 is 21.4 Å². The Hall–Kier alpha value is -2.25. The van der Waals surface area contributed by atoms with E-state index in [2.05, 4.69) is 21.6 Å². The molecule has 0 radical (unpaired) electrons. The molecule has 1 saturated heterocycles. The number of hydrogen-bond donors (Lipinski definition) is 1. The van der Waals surface area contributed by atoms with Gasteiger partial charge >= 0.3 is 0 Å². The van der Waals surface area contributed by atoms with Crippen LogP contribution in [0.2, 0.25) is 0 Å². The third kappa shape index (κ3) is 4.68. The molecule has 140 valence electrons. The summed E-state index contributed by atoms with van der Waals surface area (Å²) in [5, 5.41) is 0. The Bertz CT molecular complexity index is 832. The second-order valence-corrected chi connectivity index (χ2v) is 8.25. The Morgan fingerprint density at radius 2 is 1.73 bits per heavy atom. The molecule has 3 rings (SSSR count). The molecular weight excluding hydrogens is 350 g/mol. The number of hydrogen-bond acceptors (Lipinski definition) is 5. The zero-order valence-electron chi connectivity index (χ0n) is 15.2. The fourth-order valence-electron chi connectivity index (χ4n) is 3.06. The predicted molar refractivity (Wildman–Crippen MR) is 105 cm³/mol. The summed E-state index contributed by atoms with van der Waals surface area (Å²) in [5.41, 5.74) is 2.23. The van der Waals surface area contributed by atoms with Crippen LogP contribution in [-0.4, -0.2) is 53.7 Å². The van der Waals surface area contributed by atoms with Gasteiger partial charge < -0.3 is 14.5 Å². The topological polar surface area (TPSA) is 61.9 Å². The summed E-state index contributed by atoms with van der Waals surface area (Å²) in [6.45, 7) is 3.69. The number of nitrogens with one attached hydrogen (secondary N) is 1. The number of rotatable bonds is 6. The summed E-state index contributed by atoms with van der Waals surface area (Å²) in [6.07, 6.45) is 0. The lowest BCUT2D eigenvalue weighted by Crippen LogP contribution is -2.44. The number of benzene rings is 2. The van der Waals surface area contributed by atoms with Crippen molar-refractivity contribution in [2.45, 2.75) is 5.75 Å². The molecule has 6 nitrogen and oxygen atoms in total. The highest BCUT2D eigenvalue weighted by Crippen LogP contribution is 2.32. The number of nitrogens with zero attached hydrogens (tertiary/aromatic N) is 2. The molecule has 0 amide bonds. The van der Waals surface area contributed by atoms with Crippen molar-refractivity contribution < 1.29 is 13.2 Å². The largest absolute Gasteiger partial charge is 0.495 e. The van der Waals surface area contributed by atoms with Gasteiger partial charge in [0.1, 0.15) is 5.75 Å². The molecule has 0 spiro atoms. The van der Waals surface area contributed by atoms with Crippen LogP contribution in [0, 0.1) is 0 Å². The standard InChI is InChI=1S/C19H25N3O3S/c1-21-10-12-22(13-11-21)18-14-17(8-9-19(18)25-2)20-26(23,24)15-16-6-4-3-5-7-16/h3-9,14,20H,10-13,15H2,1-2H3. The number of ether oxygens (including phenoxy) is 1. The number of methoxy groups -OCH3 is 1. The average molecular weight is 375 g/mol. The van der Waals surface area contributed by atoms with E-state index in [9.17, 15) is 8.42 Å². The minimum Gasteiger partial charge on any atom is -0.495 e. The fourth-order valence-corrected chi connectivity index (χ4v) is 4.25. The first-order valence-corrected chi connectivity index (χ1v) is 10.3. The molecule has 0 saturated carbocycles. The van der Waals surface area contributed by atoms with Gasteiger partial charge in [-0.2, -0.15) is 0 Å². The zero-order chi connectivity index (χ0) is 18.6. The molecule has 0 atom stereocenters. The lowest BCUT2D eigenvalue weighted by Gasteiger charge is -2.35. The highest BCUT2D eigenvalue weighted by Gasteiger charge is 2.19. The lowest BCUT2D eigenvalue weighted by atomic mass is 10.2. The number of likely N-dealkylation sites (N-methyl/N-ethyl adjacent to an activating group) is 1. The van der Waals surface area contributed by atoms with Crippen LogP contribution in [0.1, 0.15) is 5.56 Å². The van der Waals surface area contributed by atoms with Gasteiger partial charge in [0.05, 0.1) is 24.2 Å². The normalized spacial score (nSPS) is 15.7. The summed E-state index contributed by atoms with van der Waals surface area (Å²) in [4.78, 5) is 4.50. The van der Waals surface area contributed by atoms with Gasteiger partial charge in [-0.1, -0.05) is 30.3 Å². The maximum atomic E-state index is 12.5. The molecule has 0 aromatic heterocycles. The smallest absolute Gasteiger partial charge is 0.236 e. The van der Waals surface area contributed by atoms with Crippen LogP contribution in [0.5, 0.6) is 5.75 Å². The van der Waals surface area contributed by atoms with E-state index in [-0.39, 0.29) is 5.75 Å². The van der Waals surface area contributed by atoms with Crippen molar-refractivity contribution in [2.75, 3.05) is 50.0 Å². The molecule has 1 aliphatic heterocycles. The van der Waals surface area contributed by atoms with E-state index in [1.165, 1.54) is 0 Å². The van der Waals surface area contributed by atoms with Crippen LogP contribution in [-0.2, 0) is 15.8 Å². The van der Waals surface area contributed by atoms with Crippen molar-refractivity contribution in [3.05, 3.63) is 54.1 Å². The molecule has 26 heavy (non-hydrogen) atoms. The second-order valence-electron chi connectivity index (χ2n) is 6.52. The SMILES string of the molecule is COc1ccc(NS(=O)(=O)Cc2ccccc2)cc1N1CCN(C)CC1. The average Bonchev–Trinajstić information content (AvgIpc) is 2.62. The van der Waals surface area contributed by atoms with Crippen LogP contribution >= 0.6 is 0 Å². The van der Waals surface area contributed by atoms with E-state index < -0.39 is 10.0 Å². The van der Waals surface area contributed by atoms with Crippen LogP contribution in [0.15, 0.2) is 48.5 Å². The van der Waals surface area contributed by atoms with Gasteiger partial charge in [0.25, 0.3) is 0 Å². The van der Waals surface area contributed by atoms with E-state index >= 15 is 0 Å². The van der Waals surface area contributed by atoms with E-state index in [1.807, 2.05) is 42.5 Å². The van der Waals surface area contributed by atoms with Gasteiger partial charge in [-0.05, 0) is 30.8 Å². The minimum atomic E-state index is -3.48. The molecule has 0 aliphatic carbocycles. The fraction of sp³-hybridized carbons (Fsp3) is 0.368. The van der Waals surface area contributed by atoms with Crippen LogP contribution < -0.4 is 14.4 Å². The van der Waals surface area contributed by atoms with Gasteiger partial charge in [-0.25, -0.2) is 8.42 Å². The van der Waals surface area contributed by atoms with Crippen molar-refractivity contribution in [3.63, 3.8) is 0 Å². The molecule has 1 N–H and O–H groups in total. The number of anilines is 2. The van der Waals surface area contributed by atoms with Gasteiger partial charge in [0.15, 0.2) is 0 Å². The van der Waals surface area contributed by atoms with Crippen molar-refractivity contribution in [3.8, 4) is 5.75 Å². The van der Waals surface area contributed by atoms with Gasteiger partial charge in [-0.15, -0.1) is 0 Å². The van der Waals surface area contributed by atoms with Crippen molar-refractivity contribution in [2.24, 2.45) is 0 Å². The molecule has 1 aliphatic rings. The summed E-state index contributed by atoms with van der Waals surface area (Å²) < 4.78 is 33.1. The summed E-state index contributed by atoms with van der Waals surface area (Å²) >= 11 is 0. The Kier molecular flexibility index (Phi) is 5.68. The molecular formula is C19H25N3O3S. The summed E-state index contributed by atoms with van der Waals surface area (Å²) in [5.74, 6) is 0.699. The molecule has 0 bridgehead atoms. The van der Waals surface area contributed by atoms with Crippen molar-refractivity contribution in [1.82, 2.24) is 4.90 Å². The van der Waals surface area contributed by atoms with Gasteiger partial charge in [0, 0.05) is 26.2 Å². The molecule has 1 heterocycles. The highest BCUT2D eigenvalue weighted by molar-refractivity contribution is 7.91. The van der Waals surface area contributed by atoms with E-state index in [0.29, 0.717) is 5.69 Å². The second kappa shape index (κ2) is 7.97. The molecule has 7 heteroatoms. The Labute approximate surface area is 155 Å². The van der Waals surface area contributed by atoms with Gasteiger partial charge in [0.2, 0.25) is 10.0 Å². The van der Waals surface area contributed by atoms with E-state index in [0.717, 1.165) is 43.2 Å². The summed E-state index contributed by atoms with van der Waals surface area (Å²) in [6, 6.07) is 14.6. The number of sulfonamides is 1. The van der Waals surface area contributed by atoms with Gasteiger partial charge in [-0.3, -0.25) is 4.72 Å². The Morgan fingerprint density at radius 3 is 2.38 bits per heavy atom. The maximum Gasteiger partial charge on any atom is 0.236 e. The molecule has 0 unspecified atom stereocenters. The third-order valence-electron chi connectivity index (χ3n) is 4.50. The van der Waals surface area contributed by atoms with E-state index in [1.54, 1.807) is 13.2 Å². The zero-order valence-corrected chi connectivity index (χ0v) is 16.0. The van der Waals surface area contributed by atoms with Crippen molar-refractivity contribution in [1.29, 1.82) is 0 Å². The summed E-state index contributed by atoms with van der Waals surface area (Å²) in [7, 11) is 0.252. The monoisotopic (exact) mass is 375 g/mol. The third-order valence-corrected chi connectivity index (χ3v) is 5.76. The van der Waals surface area contributed by atoms with E-state index in [4.69, 9.17) is 4.74 Å². The lowest BCUT2D eigenvalue weighted by molar-refractivity contribution is 0.311. The highest BCUT2D eigenvalue weighted by atomic mass is 32.2. The molecule has 2 aromatic rings. The van der Waals surface area contributed by atoms with Crippen LogP contribution in [0.4, 0.5) is 11.4 Å². The quantitative estimate of drug-likeness (QED) is 0.840. The minimum absolute atomic E-state index is 0.0519.